The number of hydrogen-bond donors (Lipinski definition) is 0. The van der Waals surface area contributed by atoms with Crippen molar-refractivity contribution in [2.45, 2.75) is 13.1 Å². The zero-order valence-electron chi connectivity index (χ0n) is 10.2. The number of esters is 1. The molecule has 2 aromatic rings. The number of hydrogen-bond acceptors (Lipinski definition) is 4. The summed E-state index contributed by atoms with van der Waals surface area (Å²) in [7, 11) is 0. The molecule has 2 aromatic heterocycles. The molecule has 0 saturated heterocycles. The van der Waals surface area contributed by atoms with Crippen LogP contribution in [-0.4, -0.2) is 22.5 Å². The molecule has 0 saturated carbocycles. The molecule has 0 amide bonds. The van der Waals surface area contributed by atoms with E-state index < -0.39 is 17.8 Å². The van der Waals surface area contributed by atoms with Crippen LogP contribution in [0.4, 0.5) is 13.2 Å². The highest BCUT2D eigenvalue weighted by molar-refractivity contribution is 9.10. The molecule has 0 radical (unpaired) electrons. The van der Waals surface area contributed by atoms with Crippen LogP contribution < -0.4 is 0 Å². The van der Waals surface area contributed by atoms with Crippen LogP contribution >= 0.6 is 15.9 Å². The Labute approximate surface area is 120 Å². The molecule has 0 fully saturated rings. The standard InChI is InChI=1S/C12H8BrF3N2O2/c1-2-20-11(19)6-5-17-7-3-4-8(12(14,15)16)18-10(7)9(6)13/h3-5H,2H2,1H3. The largest absolute Gasteiger partial charge is 0.462 e. The molecule has 2 heterocycles. The molecule has 0 atom stereocenters. The van der Waals surface area contributed by atoms with Crippen LogP contribution in [0.2, 0.25) is 0 Å². The van der Waals surface area contributed by atoms with E-state index in [4.69, 9.17) is 4.74 Å². The average Bonchev–Trinajstić information content (AvgIpc) is 2.38. The first-order valence-electron chi connectivity index (χ1n) is 5.54. The Balaban J connectivity index is 2.61. The summed E-state index contributed by atoms with van der Waals surface area (Å²) in [5.74, 6) is -0.673. The Hall–Kier alpha value is -1.70. The van der Waals surface area contributed by atoms with Crippen LogP contribution in [-0.2, 0) is 10.9 Å². The van der Waals surface area contributed by atoms with E-state index in [0.717, 1.165) is 6.07 Å². The van der Waals surface area contributed by atoms with Crippen molar-refractivity contribution < 1.29 is 22.7 Å². The number of pyridine rings is 2. The van der Waals surface area contributed by atoms with Crippen molar-refractivity contribution in [1.82, 2.24) is 9.97 Å². The zero-order valence-corrected chi connectivity index (χ0v) is 11.7. The number of nitrogens with zero attached hydrogens (tertiary/aromatic N) is 2. The Morgan fingerprint density at radius 1 is 1.40 bits per heavy atom. The SMILES string of the molecule is CCOC(=O)c1cnc2ccc(C(F)(F)F)nc2c1Br. The van der Waals surface area contributed by atoms with Gasteiger partial charge in [-0.1, -0.05) is 0 Å². The Morgan fingerprint density at radius 2 is 2.10 bits per heavy atom. The van der Waals surface area contributed by atoms with E-state index in [1.807, 2.05) is 0 Å². The zero-order chi connectivity index (χ0) is 14.9. The molecule has 0 aromatic carbocycles. The Morgan fingerprint density at radius 3 is 2.70 bits per heavy atom. The number of ether oxygens (including phenoxy) is 1. The molecule has 0 N–H and O–H groups in total. The molecule has 0 unspecified atom stereocenters. The smallest absolute Gasteiger partial charge is 0.433 e. The number of carbonyl (C=O) groups excluding carboxylic acids is 1. The maximum atomic E-state index is 12.6. The van der Waals surface area contributed by atoms with Crippen LogP contribution in [0.15, 0.2) is 22.8 Å². The highest BCUT2D eigenvalue weighted by Crippen LogP contribution is 2.31. The number of aromatic nitrogens is 2. The minimum absolute atomic E-state index is 0.0335. The van der Waals surface area contributed by atoms with Crippen molar-refractivity contribution in [3.05, 3.63) is 34.1 Å². The predicted octanol–water partition coefficient (Wildman–Crippen LogP) is 3.59. The summed E-state index contributed by atoms with van der Waals surface area (Å²) in [6.45, 7) is 1.78. The fourth-order valence-corrected chi connectivity index (χ4v) is 2.10. The topological polar surface area (TPSA) is 52.1 Å². The maximum absolute atomic E-state index is 12.6. The monoisotopic (exact) mass is 348 g/mol. The maximum Gasteiger partial charge on any atom is 0.433 e. The van der Waals surface area contributed by atoms with Gasteiger partial charge in [-0.15, -0.1) is 0 Å². The number of fused-ring (bicyclic) bond motifs is 1. The second-order valence-electron chi connectivity index (χ2n) is 3.77. The first-order valence-corrected chi connectivity index (χ1v) is 6.33. The number of rotatable bonds is 2. The van der Waals surface area contributed by atoms with Crippen LogP contribution in [0.25, 0.3) is 11.0 Å². The minimum atomic E-state index is -4.56. The summed E-state index contributed by atoms with van der Waals surface area (Å²) in [4.78, 5) is 19.1. The molecular formula is C12H8BrF3N2O2. The highest BCUT2D eigenvalue weighted by atomic mass is 79.9. The first-order chi connectivity index (χ1) is 9.34. The number of halogens is 4. The summed E-state index contributed by atoms with van der Waals surface area (Å²) < 4.78 is 42.8. The van der Waals surface area contributed by atoms with Crippen molar-refractivity contribution >= 4 is 32.9 Å². The fraction of sp³-hybridized carbons (Fsp3) is 0.250. The molecule has 20 heavy (non-hydrogen) atoms. The normalized spacial score (nSPS) is 11.7. The third-order valence-corrected chi connectivity index (χ3v) is 3.24. The Bertz CT molecular complexity index is 674. The van der Waals surface area contributed by atoms with Crippen molar-refractivity contribution in [1.29, 1.82) is 0 Å². The van der Waals surface area contributed by atoms with Gasteiger partial charge < -0.3 is 4.74 Å². The van der Waals surface area contributed by atoms with Crippen LogP contribution in [0.1, 0.15) is 23.0 Å². The summed E-state index contributed by atoms with van der Waals surface area (Å²) >= 11 is 3.08. The van der Waals surface area contributed by atoms with Crippen molar-refractivity contribution in [3.8, 4) is 0 Å². The van der Waals surface area contributed by atoms with Gasteiger partial charge in [-0.25, -0.2) is 9.78 Å². The molecule has 0 aliphatic rings. The molecule has 2 rings (SSSR count). The van der Waals surface area contributed by atoms with Gasteiger partial charge in [0.15, 0.2) is 0 Å². The Kier molecular flexibility index (Phi) is 3.94. The fourth-order valence-electron chi connectivity index (χ4n) is 1.54. The van der Waals surface area contributed by atoms with Gasteiger partial charge in [-0.2, -0.15) is 13.2 Å². The van der Waals surface area contributed by atoms with Crippen LogP contribution in [0.5, 0.6) is 0 Å². The van der Waals surface area contributed by atoms with E-state index in [-0.39, 0.29) is 27.7 Å². The third-order valence-electron chi connectivity index (χ3n) is 2.44. The van der Waals surface area contributed by atoms with Crippen LogP contribution in [0, 0.1) is 0 Å². The van der Waals surface area contributed by atoms with E-state index in [1.54, 1.807) is 6.92 Å². The third kappa shape index (κ3) is 2.74. The lowest BCUT2D eigenvalue weighted by molar-refractivity contribution is -0.140. The average molecular weight is 349 g/mol. The lowest BCUT2D eigenvalue weighted by atomic mass is 10.2. The van der Waals surface area contributed by atoms with E-state index >= 15 is 0 Å². The lowest BCUT2D eigenvalue weighted by Crippen LogP contribution is -2.10. The van der Waals surface area contributed by atoms with E-state index in [1.165, 1.54) is 12.3 Å². The van der Waals surface area contributed by atoms with Gasteiger partial charge in [0.05, 0.1) is 22.2 Å². The summed E-state index contributed by atoms with van der Waals surface area (Å²) in [6, 6.07) is 2.04. The minimum Gasteiger partial charge on any atom is -0.462 e. The number of carbonyl (C=O) groups is 1. The molecule has 0 aliphatic heterocycles. The van der Waals surface area contributed by atoms with Gasteiger partial charge in [0.25, 0.3) is 0 Å². The van der Waals surface area contributed by atoms with Crippen molar-refractivity contribution in [2.75, 3.05) is 6.61 Å². The van der Waals surface area contributed by atoms with Crippen LogP contribution in [0.3, 0.4) is 0 Å². The summed E-state index contributed by atoms with van der Waals surface area (Å²) in [5, 5.41) is 0. The summed E-state index contributed by atoms with van der Waals surface area (Å²) in [6.07, 6.45) is -3.33. The predicted molar refractivity (Wildman–Crippen MR) is 68.2 cm³/mol. The van der Waals surface area contributed by atoms with E-state index in [2.05, 4.69) is 25.9 Å². The van der Waals surface area contributed by atoms with Crippen molar-refractivity contribution in [3.63, 3.8) is 0 Å². The first kappa shape index (κ1) is 14.7. The highest BCUT2D eigenvalue weighted by Gasteiger charge is 2.33. The van der Waals surface area contributed by atoms with Gasteiger partial charge in [0.2, 0.25) is 0 Å². The molecule has 8 heteroatoms. The molecule has 0 aliphatic carbocycles. The molecule has 106 valence electrons. The second-order valence-corrected chi connectivity index (χ2v) is 4.56. The number of alkyl halides is 3. The lowest BCUT2D eigenvalue weighted by Gasteiger charge is -2.09. The van der Waals surface area contributed by atoms with Crippen molar-refractivity contribution in [2.24, 2.45) is 0 Å². The molecule has 4 nitrogen and oxygen atoms in total. The molecule has 0 bridgehead atoms. The van der Waals surface area contributed by atoms with Gasteiger partial charge in [0.1, 0.15) is 11.2 Å². The van der Waals surface area contributed by atoms with Gasteiger partial charge in [-0.05, 0) is 35.0 Å². The molecular weight excluding hydrogens is 341 g/mol. The molecule has 0 spiro atoms. The van der Waals surface area contributed by atoms with E-state index in [9.17, 15) is 18.0 Å². The van der Waals surface area contributed by atoms with Gasteiger partial charge in [0, 0.05) is 6.20 Å². The van der Waals surface area contributed by atoms with E-state index in [0.29, 0.717) is 0 Å². The quantitative estimate of drug-likeness (QED) is 0.778. The van der Waals surface area contributed by atoms with Gasteiger partial charge >= 0.3 is 12.1 Å². The second kappa shape index (κ2) is 5.35. The summed E-state index contributed by atoms with van der Waals surface area (Å²) in [5.41, 5.74) is -0.803. The van der Waals surface area contributed by atoms with Gasteiger partial charge in [-0.3, -0.25) is 4.98 Å².